The molecule has 5 nitrogen and oxygen atoms in total. The van der Waals surface area contributed by atoms with E-state index in [2.05, 4.69) is 10.3 Å². The van der Waals surface area contributed by atoms with Crippen LogP contribution in [0.15, 0.2) is 54.7 Å². The molecule has 32 heavy (non-hydrogen) atoms. The number of fused-ring (bicyclic) bond motifs is 1. The molecule has 4 rings (SSSR count). The minimum absolute atomic E-state index is 0.0148. The molecule has 7 heteroatoms. The Labute approximate surface area is 191 Å². The van der Waals surface area contributed by atoms with Gasteiger partial charge in [0.25, 0.3) is 5.91 Å². The third kappa shape index (κ3) is 3.98. The van der Waals surface area contributed by atoms with E-state index in [1.165, 1.54) is 17.0 Å². The predicted molar refractivity (Wildman–Crippen MR) is 122 cm³/mol. The molecular weight excluding hydrogens is 429 g/mol. The van der Waals surface area contributed by atoms with Crippen molar-refractivity contribution >= 4 is 29.1 Å². The molecule has 0 fully saturated rings. The van der Waals surface area contributed by atoms with Crippen molar-refractivity contribution in [3.05, 3.63) is 93.5 Å². The van der Waals surface area contributed by atoms with Gasteiger partial charge in [0.15, 0.2) is 0 Å². The number of rotatable bonds is 5. The van der Waals surface area contributed by atoms with Crippen LogP contribution in [-0.4, -0.2) is 16.8 Å². The fraction of sp³-hybridized carbons (Fsp3) is 0.240. The molecule has 1 N–H and O–H groups in total. The summed E-state index contributed by atoms with van der Waals surface area (Å²) in [6.07, 6.45) is 1.70. The molecule has 2 aromatic carbocycles. The monoisotopic (exact) mass is 451 g/mol. The smallest absolute Gasteiger partial charge is 0.251 e. The zero-order valence-electron chi connectivity index (χ0n) is 18.1. The van der Waals surface area contributed by atoms with Crippen LogP contribution < -0.4 is 10.2 Å². The summed E-state index contributed by atoms with van der Waals surface area (Å²) in [6, 6.07) is 13.4. The summed E-state index contributed by atoms with van der Waals surface area (Å²) in [5, 5.41) is 3.12. The average Bonchev–Trinajstić information content (AvgIpc) is 2.94. The Morgan fingerprint density at radius 1 is 1.19 bits per heavy atom. The first-order chi connectivity index (χ1) is 15.2. The van der Waals surface area contributed by atoms with Gasteiger partial charge >= 0.3 is 0 Å². The number of nitrogens with zero attached hydrogens (tertiary/aromatic N) is 2. The van der Waals surface area contributed by atoms with Crippen LogP contribution in [0.25, 0.3) is 0 Å². The largest absolute Gasteiger partial charge is 0.346 e. The Morgan fingerprint density at radius 2 is 1.97 bits per heavy atom. The maximum Gasteiger partial charge on any atom is 0.251 e. The Balaban J connectivity index is 1.63. The number of carbonyl (C=O) groups excluding carboxylic acids is 2. The van der Waals surface area contributed by atoms with E-state index in [4.69, 9.17) is 11.6 Å². The molecule has 0 atom stereocenters. The molecule has 0 bridgehead atoms. The van der Waals surface area contributed by atoms with E-state index in [0.29, 0.717) is 11.3 Å². The quantitative estimate of drug-likeness (QED) is 0.597. The summed E-state index contributed by atoms with van der Waals surface area (Å²) in [7, 11) is 0. The van der Waals surface area contributed by atoms with Crippen LogP contribution >= 0.6 is 11.6 Å². The second-order valence-electron chi connectivity index (χ2n) is 8.46. The average molecular weight is 452 g/mol. The summed E-state index contributed by atoms with van der Waals surface area (Å²) >= 11 is 6.20. The van der Waals surface area contributed by atoms with Gasteiger partial charge in [0.1, 0.15) is 5.82 Å². The molecule has 2 heterocycles. The third-order valence-electron chi connectivity index (χ3n) is 5.78. The molecule has 0 radical (unpaired) electrons. The summed E-state index contributed by atoms with van der Waals surface area (Å²) in [5.41, 5.74) is 3.04. The van der Waals surface area contributed by atoms with Gasteiger partial charge in [-0.15, -0.1) is 0 Å². The molecule has 1 aliphatic rings. The lowest BCUT2D eigenvalue weighted by atomic mass is 9.86. The highest BCUT2D eigenvalue weighted by Crippen LogP contribution is 2.43. The highest BCUT2D eigenvalue weighted by Gasteiger charge is 2.44. The third-order valence-corrected chi connectivity index (χ3v) is 6.14. The van der Waals surface area contributed by atoms with E-state index >= 15 is 0 Å². The first-order valence-corrected chi connectivity index (χ1v) is 10.7. The molecule has 0 unspecified atom stereocenters. The summed E-state index contributed by atoms with van der Waals surface area (Å²) in [4.78, 5) is 31.7. The van der Waals surface area contributed by atoms with E-state index in [-0.39, 0.29) is 35.5 Å². The Morgan fingerprint density at radius 3 is 2.69 bits per heavy atom. The summed E-state index contributed by atoms with van der Waals surface area (Å²) < 4.78 is 14.4. The van der Waals surface area contributed by atoms with E-state index in [1.807, 2.05) is 32.9 Å². The van der Waals surface area contributed by atoms with Crippen molar-refractivity contribution in [2.75, 3.05) is 4.90 Å². The normalized spacial score (nSPS) is 14.4. The van der Waals surface area contributed by atoms with Crippen molar-refractivity contribution in [3.63, 3.8) is 0 Å². The number of anilines is 1. The number of amides is 2. The summed E-state index contributed by atoms with van der Waals surface area (Å²) in [6.45, 7) is 5.87. The molecule has 3 aromatic rings. The molecule has 0 aliphatic carbocycles. The van der Waals surface area contributed by atoms with E-state index in [9.17, 15) is 14.0 Å². The zero-order valence-corrected chi connectivity index (χ0v) is 18.8. The van der Waals surface area contributed by atoms with Gasteiger partial charge in [-0.05, 0) is 68.3 Å². The number of nitrogens with one attached hydrogen (secondary N) is 1. The SMILES string of the molecule is Cc1ccnc(CNC(=O)c2ccc3c(c2)N(Cc2c(F)cccc2Cl)C(=O)C3(C)C)c1. The summed E-state index contributed by atoms with van der Waals surface area (Å²) in [5.74, 6) is -0.929. The minimum Gasteiger partial charge on any atom is -0.346 e. The molecule has 2 amide bonds. The van der Waals surface area contributed by atoms with Crippen LogP contribution in [0.1, 0.15) is 46.6 Å². The standard InChI is InChI=1S/C25H23ClFN3O2/c1-15-9-10-28-17(11-15)13-29-23(31)16-7-8-19-22(12-16)30(24(32)25(19,2)3)14-18-20(26)5-4-6-21(18)27/h4-12H,13-14H2,1-3H3,(H,29,31). The van der Waals surface area contributed by atoms with Crippen LogP contribution in [0.3, 0.4) is 0 Å². The van der Waals surface area contributed by atoms with Crippen LogP contribution in [0, 0.1) is 12.7 Å². The van der Waals surface area contributed by atoms with Crippen LogP contribution in [0.5, 0.6) is 0 Å². The van der Waals surface area contributed by atoms with Crippen molar-refractivity contribution in [2.45, 2.75) is 39.3 Å². The van der Waals surface area contributed by atoms with Crippen LogP contribution in [-0.2, 0) is 23.3 Å². The maximum atomic E-state index is 14.4. The second-order valence-corrected chi connectivity index (χ2v) is 8.86. The Hall–Kier alpha value is -3.25. The lowest BCUT2D eigenvalue weighted by Crippen LogP contribution is -2.36. The van der Waals surface area contributed by atoms with E-state index < -0.39 is 11.2 Å². The van der Waals surface area contributed by atoms with Gasteiger partial charge in [0.2, 0.25) is 5.91 Å². The fourth-order valence-electron chi connectivity index (χ4n) is 3.95. The number of halogens is 2. The van der Waals surface area contributed by atoms with Crippen LogP contribution in [0.2, 0.25) is 5.02 Å². The molecule has 0 saturated heterocycles. The van der Waals surface area contributed by atoms with Crippen molar-refractivity contribution in [1.29, 1.82) is 0 Å². The van der Waals surface area contributed by atoms with Crippen LogP contribution in [0.4, 0.5) is 10.1 Å². The Bertz CT molecular complexity index is 1210. The topological polar surface area (TPSA) is 62.3 Å². The number of pyridine rings is 1. The second kappa shape index (κ2) is 8.36. The van der Waals surface area contributed by atoms with Gasteiger partial charge in [-0.25, -0.2) is 4.39 Å². The van der Waals surface area contributed by atoms with Crippen molar-refractivity contribution in [3.8, 4) is 0 Å². The number of hydrogen-bond donors (Lipinski definition) is 1. The fourth-order valence-corrected chi connectivity index (χ4v) is 4.18. The first-order valence-electron chi connectivity index (χ1n) is 10.3. The van der Waals surface area contributed by atoms with Gasteiger partial charge in [-0.2, -0.15) is 0 Å². The van der Waals surface area contributed by atoms with Gasteiger partial charge in [-0.1, -0.05) is 23.7 Å². The minimum atomic E-state index is -0.798. The number of aromatic nitrogens is 1. The van der Waals surface area contributed by atoms with Gasteiger partial charge in [0.05, 0.1) is 24.2 Å². The highest BCUT2D eigenvalue weighted by molar-refractivity contribution is 6.31. The maximum absolute atomic E-state index is 14.4. The van der Waals surface area contributed by atoms with Crippen molar-refractivity contribution in [2.24, 2.45) is 0 Å². The van der Waals surface area contributed by atoms with Gasteiger partial charge < -0.3 is 10.2 Å². The van der Waals surface area contributed by atoms with Crippen molar-refractivity contribution in [1.82, 2.24) is 10.3 Å². The van der Waals surface area contributed by atoms with Gasteiger partial charge in [0, 0.05) is 28.0 Å². The number of benzene rings is 2. The predicted octanol–water partition coefficient (Wildman–Crippen LogP) is 4.94. The molecule has 164 valence electrons. The molecule has 0 saturated carbocycles. The molecular formula is C25H23ClFN3O2. The number of aryl methyl sites for hydroxylation is 1. The molecule has 0 spiro atoms. The van der Waals surface area contributed by atoms with Gasteiger partial charge in [-0.3, -0.25) is 14.6 Å². The van der Waals surface area contributed by atoms with E-state index in [1.54, 1.807) is 30.5 Å². The van der Waals surface area contributed by atoms with Crippen molar-refractivity contribution < 1.29 is 14.0 Å². The number of hydrogen-bond acceptors (Lipinski definition) is 3. The highest BCUT2D eigenvalue weighted by atomic mass is 35.5. The van der Waals surface area contributed by atoms with E-state index in [0.717, 1.165) is 16.8 Å². The lowest BCUT2D eigenvalue weighted by molar-refractivity contribution is -0.122. The first kappa shape index (κ1) is 22.0. The lowest BCUT2D eigenvalue weighted by Gasteiger charge is -2.21. The molecule has 1 aromatic heterocycles. The Kier molecular flexibility index (Phi) is 5.73. The zero-order chi connectivity index (χ0) is 23.0. The number of carbonyl (C=O) groups is 2. The molecule has 1 aliphatic heterocycles.